The Kier molecular flexibility index (Phi) is 3.66. The van der Waals surface area contributed by atoms with Crippen molar-refractivity contribution in [3.05, 3.63) is 28.2 Å². The van der Waals surface area contributed by atoms with Gasteiger partial charge in [0.1, 0.15) is 5.69 Å². The molecule has 0 saturated carbocycles. The second kappa shape index (κ2) is 4.95. The average Bonchev–Trinajstić information content (AvgIpc) is 2.33. The summed E-state index contributed by atoms with van der Waals surface area (Å²) in [6, 6.07) is 4.12. The van der Waals surface area contributed by atoms with Crippen LogP contribution in [0.1, 0.15) is 57.6 Å². The number of nitroso groups, excluding NO2 is 1. The maximum atomic E-state index is 10.9. The van der Waals surface area contributed by atoms with E-state index >= 15 is 0 Å². The molecule has 1 aromatic rings. The first-order valence-corrected chi connectivity index (χ1v) is 7.16. The topological polar surface area (TPSA) is 32.7 Å². The number of benzene rings is 1. The molecular formula is C16H24N2O. The van der Waals surface area contributed by atoms with Crippen molar-refractivity contribution < 1.29 is 0 Å². The Morgan fingerprint density at radius 1 is 1.42 bits per heavy atom. The summed E-state index contributed by atoms with van der Waals surface area (Å²) in [5.41, 5.74) is 4.29. The van der Waals surface area contributed by atoms with Gasteiger partial charge in [0.25, 0.3) is 0 Å². The maximum Gasteiger partial charge on any atom is 0.111 e. The van der Waals surface area contributed by atoms with Crippen LogP contribution in [0.15, 0.2) is 17.3 Å². The Morgan fingerprint density at radius 2 is 2.11 bits per heavy atom. The SMILES string of the molecule is CCCN1c2cc(C)c(N=O)cc2C(C)CC1(C)C. The van der Waals surface area contributed by atoms with Crippen LogP contribution in [-0.2, 0) is 0 Å². The van der Waals surface area contributed by atoms with E-state index < -0.39 is 0 Å². The van der Waals surface area contributed by atoms with Crippen molar-refractivity contribution in [2.45, 2.75) is 58.9 Å². The minimum absolute atomic E-state index is 0.172. The van der Waals surface area contributed by atoms with Gasteiger partial charge in [-0.05, 0) is 68.0 Å². The molecule has 1 heterocycles. The zero-order valence-corrected chi connectivity index (χ0v) is 12.7. The van der Waals surface area contributed by atoms with Crippen LogP contribution < -0.4 is 4.90 Å². The van der Waals surface area contributed by atoms with E-state index in [-0.39, 0.29) is 5.54 Å². The lowest BCUT2D eigenvalue weighted by atomic mass is 9.79. The number of hydrogen-bond donors (Lipinski definition) is 0. The highest BCUT2D eigenvalue weighted by Gasteiger charge is 2.36. The van der Waals surface area contributed by atoms with Crippen LogP contribution in [-0.4, -0.2) is 12.1 Å². The summed E-state index contributed by atoms with van der Waals surface area (Å²) in [4.78, 5) is 13.4. The molecule has 0 spiro atoms. The second-order valence-corrected chi connectivity index (χ2v) is 6.36. The van der Waals surface area contributed by atoms with E-state index in [9.17, 15) is 4.91 Å². The standard InChI is InChI=1S/C16H24N2O/c1-6-7-18-15-8-11(2)14(17-19)9-13(15)12(3)10-16(18,4)5/h8-9,12H,6-7,10H2,1-5H3. The third kappa shape index (κ3) is 2.38. The van der Waals surface area contributed by atoms with Crippen molar-refractivity contribution in [1.29, 1.82) is 0 Å². The van der Waals surface area contributed by atoms with Crippen LogP contribution in [0, 0.1) is 11.8 Å². The van der Waals surface area contributed by atoms with Gasteiger partial charge < -0.3 is 4.90 Å². The summed E-state index contributed by atoms with van der Waals surface area (Å²) in [5, 5.41) is 3.15. The van der Waals surface area contributed by atoms with Gasteiger partial charge in [-0.25, -0.2) is 0 Å². The maximum absolute atomic E-state index is 10.9. The van der Waals surface area contributed by atoms with Crippen LogP contribution >= 0.6 is 0 Å². The van der Waals surface area contributed by atoms with Crippen molar-refractivity contribution in [2.24, 2.45) is 5.18 Å². The Hall–Kier alpha value is -1.38. The Morgan fingerprint density at radius 3 is 2.68 bits per heavy atom. The van der Waals surface area contributed by atoms with Crippen molar-refractivity contribution >= 4 is 11.4 Å². The van der Waals surface area contributed by atoms with Crippen molar-refractivity contribution in [2.75, 3.05) is 11.4 Å². The highest BCUT2D eigenvalue weighted by atomic mass is 16.3. The van der Waals surface area contributed by atoms with Crippen LogP contribution in [0.3, 0.4) is 0 Å². The van der Waals surface area contributed by atoms with Gasteiger partial charge in [-0.15, -0.1) is 4.91 Å². The molecule has 19 heavy (non-hydrogen) atoms. The summed E-state index contributed by atoms with van der Waals surface area (Å²) >= 11 is 0. The molecule has 3 heteroatoms. The number of fused-ring (bicyclic) bond motifs is 1. The molecule has 1 aliphatic rings. The minimum Gasteiger partial charge on any atom is -0.366 e. The number of nitrogens with zero attached hydrogens (tertiary/aromatic N) is 2. The van der Waals surface area contributed by atoms with Crippen molar-refractivity contribution in [1.82, 2.24) is 0 Å². The van der Waals surface area contributed by atoms with Gasteiger partial charge in [-0.1, -0.05) is 13.8 Å². The Balaban J connectivity index is 2.58. The lowest BCUT2D eigenvalue weighted by molar-refractivity contribution is 0.376. The number of hydrogen-bond acceptors (Lipinski definition) is 3. The summed E-state index contributed by atoms with van der Waals surface area (Å²) < 4.78 is 0. The van der Waals surface area contributed by atoms with Crippen LogP contribution in [0.2, 0.25) is 0 Å². The lowest BCUT2D eigenvalue weighted by Gasteiger charge is -2.47. The molecule has 1 aliphatic heterocycles. The summed E-state index contributed by atoms with van der Waals surface area (Å²) in [6.45, 7) is 12.1. The van der Waals surface area contributed by atoms with Crippen LogP contribution in [0.5, 0.6) is 0 Å². The van der Waals surface area contributed by atoms with E-state index in [1.54, 1.807) is 0 Å². The molecule has 0 fully saturated rings. The molecule has 0 aromatic heterocycles. The van der Waals surface area contributed by atoms with Crippen LogP contribution in [0.25, 0.3) is 0 Å². The lowest BCUT2D eigenvalue weighted by Crippen LogP contribution is -2.48. The van der Waals surface area contributed by atoms with E-state index in [2.05, 4.69) is 43.8 Å². The van der Waals surface area contributed by atoms with Gasteiger partial charge in [0, 0.05) is 17.8 Å². The van der Waals surface area contributed by atoms with Gasteiger partial charge in [0.15, 0.2) is 0 Å². The number of anilines is 1. The number of rotatable bonds is 3. The van der Waals surface area contributed by atoms with Gasteiger partial charge in [0.2, 0.25) is 0 Å². The third-order valence-electron chi connectivity index (χ3n) is 4.25. The van der Waals surface area contributed by atoms with Crippen molar-refractivity contribution in [3.8, 4) is 0 Å². The zero-order valence-electron chi connectivity index (χ0n) is 12.7. The average molecular weight is 260 g/mol. The van der Waals surface area contributed by atoms with Gasteiger partial charge in [-0.2, -0.15) is 0 Å². The molecular weight excluding hydrogens is 236 g/mol. The highest BCUT2D eigenvalue weighted by Crippen LogP contribution is 2.45. The quantitative estimate of drug-likeness (QED) is 0.724. The summed E-state index contributed by atoms with van der Waals surface area (Å²) in [6.07, 6.45) is 2.24. The first kappa shape index (κ1) is 14.0. The van der Waals surface area contributed by atoms with Gasteiger partial charge in [0.05, 0.1) is 0 Å². The van der Waals surface area contributed by atoms with E-state index in [1.807, 2.05) is 13.0 Å². The fourth-order valence-electron chi connectivity index (χ4n) is 3.37. The molecule has 0 bridgehead atoms. The third-order valence-corrected chi connectivity index (χ3v) is 4.25. The largest absolute Gasteiger partial charge is 0.366 e. The normalized spacial score (nSPS) is 21.1. The molecule has 104 valence electrons. The van der Waals surface area contributed by atoms with Gasteiger partial charge >= 0.3 is 0 Å². The minimum atomic E-state index is 0.172. The molecule has 1 unspecified atom stereocenters. The fraction of sp³-hybridized carbons (Fsp3) is 0.625. The monoisotopic (exact) mass is 260 g/mol. The molecule has 0 N–H and O–H groups in total. The molecule has 0 aliphatic carbocycles. The van der Waals surface area contributed by atoms with E-state index in [0.29, 0.717) is 11.6 Å². The van der Waals surface area contributed by atoms with Gasteiger partial charge in [-0.3, -0.25) is 0 Å². The molecule has 0 saturated heterocycles. The first-order valence-electron chi connectivity index (χ1n) is 7.16. The summed E-state index contributed by atoms with van der Waals surface area (Å²) in [5.74, 6) is 0.471. The molecule has 3 nitrogen and oxygen atoms in total. The predicted molar refractivity (Wildman–Crippen MR) is 81.4 cm³/mol. The summed E-state index contributed by atoms with van der Waals surface area (Å²) in [7, 11) is 0. The molecule has 1 aromatic carbocycles. The molecule has 0 amide bonds. The Bertz CT molecular complexity index is 494. The second-order valence-electron chi connectivity index (χ2n) is 6.36. The predicted octanol–water partition coefficient (Wildman–Crippen LogP) is 4.90. The van der Waals surface area contributed by atoms with E-state index in [0.717, 1.165) is 24.9 Å². The fourth-order valence-corrected chi connectivity index (χ4v) is 3.37. The highest BCUT2D eigenvalue weighted by molar-refractivity contribution is 5.66. The van der Waals surface area contributed by atoms with E-state index in [4.69, 9.17) is 0 Å². The van der Waals surface area contributed by atoms with Crippen LogP contribution in [0.4, 0.5) is 11.4 Å². The Labute approximate surface area is 116 Å². The molecule has 2 rings (SSSR count). The van der Waals surface area contributed by atoms with E-state index in [1.165, 1.54) is 11.3 Å². The van der Waals surface area contributed by atoms with Crippen molar-refractivity contribution in [3.63, 3.8) is 0 Å². The zero-order chi connectivity index (χ0) is 14.2. The number of aryl methyl sites for hydroxylation is 1. The molecule has 1 atom stereocenters. The first-order chi connectivity index (χ1) is 8.90. The smallest absolute Gasteiger partial charge is 0.111 e. The molecule has 0 radical (unpaired) electrons.